The minimum absolute atomic E-state index is 0.00131. The Bertz CT molecular complexity index is 1190. The number of pyridine rings is 1. The molecule has 1 unspecified atom stereocenters. The van der Waals surface area contributed by atoms with E-state index in [2.05, 4.69) is 25.4 Å². The van der Waals surface area contributed by atoms with Gasteiger partial charge < -0.3 is 25.2 Å². The predicted molar refractivity (Wildman–Crippen MR) is 132 cm³/mol. The van der Waals surface area contributed by atoms with E-state index in [1.54, 1.807) is 16.8 Å². The van der Waals surface area contributed by atoms with Crippen molar-refractivity contribution in [1.29, 1.82) is 0 Å². The van der Waals surface area contributed by atoms with Gasteiger partial charge in [-0.15, -0.1) is 10.2 Å². The van der Waals surface area contributed by atoms with E-state index in [1.807, 2.05) is 39.8 Å². The highest BCUT2D eigenvalue weighted by molar-refractivity contribution is 5.92. The number of carbonyl (C=O) groups is 1. The number of benzene rings is 1. The second kappa shape index (κ2) is 10.3. The smallest absolute Gasteiger partial charge is 0.289 e. The van der Waals surface area contributed by atoms with Gasteiger partial charge in [0.05, 0.1) is 30.7 Å². The lowest BCUT2D eigenvalue weighted by Crippen LogP contribution is -2.36. The van der Waals surface area contributed by atoms with Gasteiger partial charge in [-0.2, -0.15) is 0 Å². The molecule has 3 heterocycles. The average Bonchev–Trinajstić information content (AvgIpc) is 3.29. The Morgan fingerprint density at radius 3 is 2.49 bits per heavy atom. The molecule has 0 radical (unpaired) electrons. The number of carbonyl (C=O) groups excluding carboxylic acids is 1. The maximum atomic E-state index is 13.1. The van der Waals surface area contributed by atoms with E-state index in [1.165, 1.54) is 6.07 Å². The van der Waals surface area contributed by atoms with Crippen LogP contribution >= 0.6 is 0 Å². The highest BCUT2D eigenvalue weighted by Crippen LogP contribution is 2.38. The highest BCUT2D eigenvalue weighted by Gasteiger charge is 2.25. The largest absolute Gasteiger partial charge is 0.508 e. The monoisotopic (exact) mass is 480 g/mol. The number of rotatable bonds is 7. The molecule has 186 valence electrons. The fourth-order valence-corrected chi connectivity index (χ4v) is 3.97. The third-order valence-electron chi connectivity index (χ3n) is 6.19. The van der Waals surface area contributed by atoms with Gasteiger partial charge in [-0.05, 0) is 43.0 Å². The van der Waals surface area contributed by atoms with Crippen molar-refractivity contribution in [2.24, 2.45) is 0 Å². The Morgan fingerprint density at radius 1 is 1.11 bits per heavy atom. The third kappa shape index (κ3) is 5.07. The summed E-state index contributed by atoms with van der Waals surface area (Å²) in [5.74, 6) is 0.642. The van der Waals surface area contributed by atoms with E-state index in [-0.39, 0.29) is 41.0 Å². The first kappa shape index (κ1) is 24.5. The number of phenols is 2. The number of hydrogen-bond donors (Lipinski definition) is 3. The first-order chi connectivity index (χ1) is 16.8. The molecule has 0 bridgehead atoms. The van der Waals surface area contributed by atoms with Gasteiger partial charge in [0.2, 0.25) is 5.82 Å². The van der Waals surface area contributed by atoms with Crippen LogP contribution in [0.2, 0.25) is 0 Å². The van der Waals surface area contributed by atoms with Crippen molar-refractivity contribution < 1.29 is 19.7 Å². The minimum Gasteiger partial charge on any atom is -0.508 e. The number of nitrogens with zero attached hydrogens (tertiary/aromatic N) is 5. The molecule has 1 aromatic carbocycles. The topological polar surface area (TPSA) is 126 Å². The molecule has 2 aromatic heterocycles. The molecule has 1 aliphatic rings. The number of anilines is 1. The van der Waals surface area contributed by atoms with Gasteiger partial charge in [-0.1, -0.05) is 20.8 Å². The molecule has 0 saturated carbocycles. The molecule has 4 rings (SSSR count). The van der Waals surface area contributed by atoms with Crippen LogP contribution in [-0.2, 0) is 4.74 Å². The number of nitrogens with one attached hydrogen (secondary N) is 1. The van der Waals surface area contributed by atoms with Gasteiger partial charge in [0.1, 0.15) is 17.3 Å². The van der Waals surface area contributed by atoms with Crippen LogP contribution in [-0.4, -0.2) is 68.2 Å². The van der Waals surface area contributed by atoms with Gasteiger partial charge in [0.25, 0.3) is 5.91 Å². The SMILES string of the molecule is CCC(C)NC(=O)c1nnc(-c2cc(C(C)C)c(O)cc2O)n1-c1ccc(N2CCOCC2)nc1. The highest BCUT2D eigenvalue weighted by atomic mass is 16.5. The molecule has 10 heteroatoms. The lowest BCUT2D eigenvalue weighted by molar-refractivity contribution is 0.0926. The van der Waals surface area contributed by atoms with Gasteiger partial charge >= 0.3 is 0 Å². The quantitative estimate of drug-likeness (QED) is 0.471. The van der Waals surface area contributed by atoms with Gasteiger partial charge in [0.15, 0.2) is 5.82 Å². The normalized spacial score (nSPS) is 14.8. The summed E-state index contributed by atoms with van der Waals surface area (Å²) >= 11 is 0. The number of phenolic OH excluding ortho intramolecular Hbond substituents is 2. The first-order valence-corrected chi connectivity index (χ1v) is 11.9. The van der Waals surface area contributed by atoms with Crippen molar-refractivity contribution >= 4 is 11.7 Å². The number of amides is 1. The molecule has 10 nitrogen and oxygen atoms in total. The molecular formula is C25H32N6O4. The van der Waals surface area contributed by atoms with Gasteiger partial charge in [-0.3, -0.25) is 9.36 Å². The van der Waals surface area contributed by atoms with Crippen LogP contribution in [0.15, 0.2) is 30.5 Å². The Hall–Kier alpha value is -3.66. The van der Waals surface area contributed by atoms with E-state index < -0.39 is 0 Å². The van der Waals surface area contributed by atoms with E-state index in [0.29, 0.717) is 30.0 Å². The van der Waals surface area contributed by atoms with Crippen LogP contribution in [0.5, 0.6) is 11.5 Å². The molecule has 1 fully saturated rings. The van der Waals surface area contributed by atoms with E-state index in [4.69, 9.17) is 4.74 Å². The van der Waals surface area contributed by atoms with Crippen molar-refractivity contribution in [3.8, 4) is 28.6 Å². The summed E-state index contributed by atoms with van der Waals surface area (Å²) in [5, 5.41) is 32.4. The number of morpholine rings is 1. The number of aromatic nitrogens is 4. The summed E-state index contributed by atoms with van der Waals surface area (Å²) in [6, 6.07) is 6.67. The van der Waals surface area contributed by atoms with Crippen molar-refractivity contribution in [2.45, 2.75) is 46.1 Å². The standard InChI is InChI=1S/C25H32N6O4/c1-5-16(4)27-25(34)24-29-28-23(19-12-18(15(2)3)20(32)13-21(19)33)31(24)17-6-7-22(26-14-17)30-8-10-35-11-9-30/h6-7,12-16,32-33H,5,8-11H2,1-4H3,(H,27,34). The zero-order valence-electron chi connectivity index (χ0n) is 20.5. The zero-order chi connectivity index (χ0) is 25.1. The van der Waals surface area contributed by atoms with E-state index in [9.17, 15) is 15.0 Å². The van der Waals surface area contributed by atoms with E-state index in [0.717, 1.165) is 25.3 Å². The van der Waals surface area contributed by atoms with Gasteiger partial charge in [-0.25, -0.2) is 4.98 Å². The molecule has 1 amide bonds. The van der Waals surface area contributed by atoms with Crippen molar-refractivity contribution in [3.05, 3.63) is 41.9 Å². The van der Waals surface area contributed by atoms with Crippen LogP contribution in [0.3, 0.4) is 0 Å². The van der Waals surface area contributed by atoms with Crippen molar-refractivity contribution in [2.75, 3.05) is 31.2 Å². The molecule has 0 spiro atoms. The summed E-state index contributed by atoms with van der Waals surface area (Å²) in [6.07, 6.45) is 2.43. The maximum absolute atomic E-state index is 13.1. The van der Waals surface area contributed by atoms with Crippen LogP contribution < -0.4 is 10.2 Å². The molecule has 1 atom stereocenters. The average molecular weight is 481 g/mol. The lowest BCUT2D eigenvalue weighted by atomic mass is 9.98. The minimum atomic E-state index is -0.377. The van der Waals surface area contributed by atoms with Crippen molar-refractivity contribution in [1.82, 2.24) is 25.1 Å². The summed E-state index contributed by atoms with van der Waals surface area (Å²) in [7, 11) is 0. The Labute approximate surface area is 204 Å². The molecule has 3 aromatic rings. The van der Waals surface area contributed by atoms with Crippen molar-refractivity contribution in [3.63, 3.8) is 0 Å². The number of ether oxygens (including phenoxy) is 1. The van der Waals surface area contributed by atoms with Crippen LogP contribution in [0, 0.1) is 0 Å². The Morgan fingerprint density at radius 2 is 1.86 bits per heavy atom. The number of aromatic hydroxyl groups is 2. The number of hydrogen-bond acceptors (Lipinski definition) is 8. The van der Waals surface area contributed by atoms with Crippen LogP contribution in [0.1, 0.15) is 56.2 Å². The molecule has 3 N–H and O–H groups in total. The van der Waals surface area contributed by atoms with Crippen LogP contribution in [0.4, 0.5) is 5.82 Å². The van der Waals surface area contributed by atoms with Crippen LogP contribution in [0.25, 0.3) is 17.1 Å². The molecule has 1 saturated heterocycles. The molecular weight excluding hydrogens is 448 g/mol. The Kier molecular flexibility index (Phi) is 7.20. The maximum Gasteiger partial charge on any atom is 0.289 e. The Balaban J connectivity index is 1.82. The molecule has 35 heavy (non-hydrogen) atoms. The second-order valence-corrected chi connectivity index (χ2v) is 9.02. The predicted octanol–water partition coefficient (Wildman–Crippen LogP) is 3.23. The fourth-order valence-electron chi connectivity index (χ4n) is 3.97. The van der Waals surface area contributed by atoms with Gasteiger partial charge in [0, 0.05) is 25.2 Å². The zero-order valence-corrected chi connectivity index (χ0v) is 20.5. The first-order valence-electron chi connectivity index (χ1n) is 11.9. The summed E-state index contributed by atoms with van der Waals surface area (Å²) in [6.45, 7) is 10.6. The summed E-state index contributed by atoms with van der Waals surface area (Å²) in [5.41, 5.74) is 1.59. The summed E-state index contributed by atoms with van der Waals surface area (Å²) < 4.78 is 7.01. The third-order valence-corrected chi connectivity index (χ3v) is 6.19. The molecule has 0 aliphatic carbocycles. The fraction of sp³-hybridized carbons (Fsp3) is 0.440. The second-order valence-electron chi connectivity index (χ2n) is 9.02. The lowest BCUT2D eigenvalue weighted by Gasteiger charge is -2.27. The molecule has 1 aliphatic heterocycles. The summed E-state index contributed by atoms with van der Waals surface area (Å²) in [4.78, 5) is 19.9. The van der Waals surface area contributed by atoms with E-state index >= 15 is 0 Å².